The Morgan fingerprint density at radius 3 is 2.41 bits per heavy atom. The van der Waals surface area contributed by atoms with Gasteiger partial charge < -0.3 is 5.32 Å². The molecule has 1 aromatic carbocycles. The standard InChI is InChI=1S/C12H17NO3S/c1-8-5-6-9(2)11(7-8)13-12(14)10(3)17(4,15)16/h5-7,10H,1-4H3,(H,13,14)/t10-/m1/s1. The van der Waals surface area contributed by atoms with Crippen LogP contribution in [0.4, 0.5) is 5.69 Å². The van der Waals surface area contributed by atoms with Crippen LogP contribution in [0.5, 0.6) is 0 Å². The Morgan fingerprint density at radius 2 is 1.88 bits per heavy atom. The first-order valence-corrected chi connectivity index (χ1v) is 7.24. The molecule has 0 aromatic heterocycles. The molecule has 4 nitrogen and oxygen atoms in total. The molecule has 0 heterocycles. The molecule has 0 saturated carbocycles. The van der Waals surface area contributed by atoms with Crippen molar-refractivity contribution in [3.8, 4) is 0 Å². The first kappa shape index (κ1) is 13.7. The molecule has 94 valence electrons. The molecule has 0 aliphatic carbocycles. The van der Waals surface area contributed by atoms with Gasteiger partial charge in [0, 0.05) is 11.9 Å². The number of hydrogen-bond donors (Lipinski definition) is 1. The van der Waals surface area contributed by atoms with Gasteiger partial charge in [0.25, 0.3) is 0 Å². The molecule has 1 amide bonds. The predicted octanol–water partition coefficient (Wildman–Crippen LogP) is 1.68. The van der Waals surface area contributed by atoms with Crippen molar-refractivity contribution in [3.05, 3.63) is 29.3 Å². The number of anilines is 1. The van der Waals surface area contributed by atoms with Crippen molar-refractivity contribution in [1.82, 2.24) is 0 Å². The van der Waals surface area contributed by atoms with Gasteiger partial charge in [0.05, 0.1) is 0 Å². The van der Waals surface area contributed by atoms with Crippen molar-refractivity contribution in [3.63, 3.8) is 0 Å². The van der Waals surface area contributed by atoms with Crippen LogP contribution in [0.1, 0.15) is 18.1 Å². The Hall–Kier alpha value is -1.36. The van der Waals surface area contributed by atoms with Crippen molar-refractivity contribution < 1.29 is 13.2 Å². The third-order valence-corrected chi connectivity index (χ3v) is 4.16. The summed E-state index contributed by atoms with van der Waals surface area (Å²) in [4.78, 5) is 11.7. The summed E-state index contributed by atoms with van der Waals surface area (Å²) in [5.41, 5.74) is 2.58. The molecule has 0 aliphatic rings. The van der Waals surface area contributed by atoms with Crippen molar-refractivity contribution in [2.45, 2.75) is 26.0 Å². The molecule has 0 radical (unpaired) electrons. The highest BCUT2D eigenvalue weighted by Crippen LogP contribution is 2.17. The molecule has 0 fully saturated rings. The van der Waals surface area contributed by atoms with E-state index in [-0.39, 0.29) is 0 Å². The number of rotatable bonds is 3. The number of benzene rings is 1. The van der Waals surface area contributed by atoms with Gasteiger partial charge in [0.15, 0.2) is 9.84 Å². The molecule has 1 atom stereocenters. The third-order valence-electron chi connectivity index (χ3n) is 2.66. The van der Waals surface area contributed by atoms with Crippen molar-refractivity contribution in [1.29, 1.82) is 0 Å². The number of sulfone groups is 1. The van der Waals surface area contributed by atoms with Crippen LogP contribution in [0, 0.1) is 13.8 Å². The monoisotopic (exact) mass is 255 g/mol. The largest absolute Gasteiger partial charge is 0.325 e. The van der Waals surface area contributed by atoms with Crippen LogP contribution in [0.3, 0.4) is 0 Å². The lowest BCUT2D eigenvalue weighted by Gasteiger charge is -2.12. The second-order valence-electron chi connectivity index (χ2n) is 4.28. The second-order valence-corrected chi connectivity index (χ2v) is 6.65. The average molecular weight is 255 g/mol. The Morgan fingerprint density at radius 1 is 1.29 bits per heavy atom. The van der Waals surface area contributed by atoms with E-state index in [0.29, 0.717) is 5.69 Å². The van der Waals surface area contributed by atoms with E-state index in [4.69, 9.17) is 0 Å². The van der Waals surface area contributed by atoms with Gasteiger partial charge >= 0.3 is 0 Å². The zero-order valence-electron chi connectivity index (χ0n) is 10.4. The fourth-order valence-electron chi connectivity index (χ4n) is 1.30. The van der Waals surface area contributed by atoms with E-state index in [1.54, 1.807) is 0 Å². The van der Waals surface area contributed by atoms with Gasteiger partial charge in [-0.3, -0.25) is 4.79 Å². The zero-order chi connectivity index (χ0) is 13.2. The molecule has 1 rings (SSSR count). The fourth-order valence-corrected chi connectivity index (χ4v) is 1.75. The molecule has 0 unspecified atom stereocenters. The summed E-state index contributed by atoms with van der Waals surface area (Å²) >= 11 is 0. The van der Waals surface area contributed by atoms with Gasteiger partial charge in [0.1, 0.15) is 5.25 Å². The maximum atomic E-state index is 11.7. The number of nitrogens with one attached hydrogen (secondary N) is 1. The van der Waals surface area contributed by atoms with Gasteiger partial charge in [0.2, 0.25) is 5.91 Å². The van der Waals surface area contributed by atoms with E-state index >= 15 is 0 Å². The van der Waals surface area contributed by atoms with Gasteiger partial charge in [-0.25, -0.2) is 8.42 Å². The number of hydrogen-bond acceptors (Lipinski definition) is 3. The third kappa shape index (κ3) is 3.56. The summed E-state index contributed by atoms with van der Waals surface area (Å²) in [6.45, 7) is 5.16. The van der Waals surface area contributed by atoms with E-state index in [0.717, 1.165) is 17.4 Å². The smallest absolute Gasteiger partial charge is 0.242 e. The molecule has 0 saturated heterocycles. The normalized spacial score (nSPS) is 13.2. The zero-order valence-corrected chi connectivity index (χ0v) is 11.3. The van der Waals surface area contributed by atoms with Crippen molar-refractivity contribution in [2.24, 2.45) is 0 Å². The van der Waals surface area contributed by atoms with Gasteiger partial charge in [-0.2, -0.15) is 0 Å². The minimum atomic E-state index is -3.36. The summed E-state index contributed by atoms with van der Waals surface area (Å²) in [6.07, 6.45) is 1.06. The van der Waals surface area contributed by atoms with Crippen LogP contribution in [-0.4, -0.2) is 25.8 Å². The number of aryl methyl sites for hydroxylation is 2. The molecule has 0 aliphatic heterocycles. The number of carbonyl (C=O) groups is 1. The Balaban J connectivity index is 2.92. The Bertz CT molecular complexity index is 535. The second kappa shape index (κ2) is 4.87. The van der Waals surface area contributed by atoms with Gasteiger partial charge in [-0.05, 0) is 38.0 Å². The van der Waals surface area contributed by atoms with Crippen LogP contribution in [0.25, 0.3) is 0 Å². The number of carbonyl (C=O) groups excluding carboxylic acids is 1. The Kier molecular flexibility index (Phi) is 3.93. The molecule has 1 N–H and O–H groups in total. The van der Waals surface area contributed by atoms with E-state index < -0.39 is 21.0 Å². The minimum absolute atomic E-state index is 0.499. The summed E-state index contributed by atoms with van der Waals surface area (Å²) in [6, 6.07) is 5.64. The lowest BCUT2D eigenvalue weighted by molar-refractivity contribution is -0.115. The average Bonchev–Trinajstić information content (AvgIpc) is 2.21. The highest BCUT2D eigenvalue weighted by Gasteiger charge is 2.23. The lowest BCUT2D eigenvalue weighted by Crippen LogP contribution is -2.32. The summed E-state index contributed by atoms with van der Waals surface area (Å²) in [5.74, 6) is -0.499. The van der Waals surface area contributed by atoms with Crippen LogP contribution in [0.15, 0.2) is 18.2 Å². The number of amides is 1. The maximum absolute atomic E-state index is 11.7. The molecule has 0 spiro atoms. The topological polar surface area (TPSA) is 63.2 Å². The summed E-state index contributed by atoms with van der Waals surface area (Å²) in [7, 11) is -3.36. The molecular weight excluding hydrogens is 238 g/mol. The molecule has 5 heteroatoms. The van der Waals surface area contributed by atoms with E-state index in [1.165, 1.54) is 6.92 Å². The quantitative estimate of drug-likeness (QED) is 0.893. The van der Waals surface area contributed by atoms with Crippen molar-refractivity contribution in [2.75, 3.05) is 11.6 Å². The summed E-state index contributed by atoms with van der Waals surface area (Å²) in [5, 5.41) is 1.60. The van der Waals surface area contributed by atoms with Gasteiger partial charge in [-0.1, -0.05) is 12.1 Å². The molecule has 1 aromatic rings. The molecular formula is C12H17NO3S. The molecule has 17 heavy (non-hydrogen) atoms. The van der Waals surface area contributed by atoms with E-state index in [2.05, 4.69) is 5.32 Å². The minimum Gasteiger partial charge on any atom is -0.325 e. The summed E-state index contributed by atoms with van der Waals surface area (Å²) < 4.78 is 22.5. The SMILES string of the molecule is Cc1ccc(C)c(NC(=O)[C@@H](C)S(C)(=O)=O)c1. The highest BCUT2D eigenvalue weighted by atomic mass is 32.2. The van der Waals surface area contributed by atoms with Crippen molar-refractivity contribution >= 4 is 21.4 Å². The lowest BCUT2D eigenvalue weighted by atomic mass is 10.1. The maximum Gasteiger partial charge on any atom is 0.242 e. The van der Waals surface area contributed by atoms with Crippen LogP contribution >= 0.6 is 0 Å². The molecule has 0 bridgehead atoms. The van der Waals surface area contributed by atoms with Crippen LogP contribution in [0.2, 0.25) is 0 Å². The van der Waals surface area contributed by atoms with E-state index in [9.17, 15) is 13.2 Å². The first-order chi connectivity index (χ1) is 7.71. The predicted molar refractivity (Wildman–Crippen MR) is 68.9 cm³/mol. The highest BCUT2D eigenvalue weighted by molar-refractivity contribution is 7.92. The Labute approximate surface area is 102 Å². The first-order valence-electron chi connectivity index (χ1n) is 5.29. The van der Waals surface area contributed by atoms with Gasteiger partial charge in [-0.15, -0.1) is 0 Å². The van der Waals surface area contributed by atoms with E-state index in [1.807, 2.05) is 32.0 Å². The van der Waals surface area contributed by atoms with Crippen LogP contribution in [-0.2, 0) is 14.6 Å². The fraction of sp³-hybridized carbons (Fsp3) is 0.417. The van der Waals surface area contributed by atoms with Crippen LogP contribution < -0.4 is 5.32 Å².